The van der Waals surface area contributed by atoms with Crippen molar-refractivity contribution in [2.45, 2.75) is 38.0 Å². The quantitative estimate of drug-likeness (QED) is 0.738. The van der Waals surface area contributed by atoms with Gasteiger partial charge in [0.15, 0.2) is 0 Å². The van der Waals surface area contributed by atoms with Crippen LogP contribution in [0.25, 0.3) is 0 Å². The molecule has 0 saturated heterocycles. The number of halogens is 1. The van der Waals surface area contributed by atoms with Gasteiger partial charge in [0.05, 0.1) is 21.0 Å². The highest BCUT2D eigenvalue weighted by Crippen LogP contribution is 2.39. The minimum Gasteiger partial charge on any atom is -0.312 e. The lowest BCUT2D eigenvalue weighted by Crippen LogP contribution is -2.30. The Hall–Kier alpha value is -1.92. The number of carbonyl (C=O) groups is 1. The number of benzene rings is 1. The molecule has 1 aromatic heterocycles. The molecule has 0 fully saturated rings. The predicted octanol–water partition coefficient (Wildman–Crippen LogP) is 4.04. The molecule has 1 aliphatic carbocycles. The zero-order valence-electron chi connectivity index (χ0n) is 15.6. The molecule has 1 aliphatic rings. The highest BCUT2D eigenvalue weighted by molar-refractivity contribution is 7.89. The second-order valence-corrected chi connectivity index (χ2v) is 9.81. The van der Waals surface area contributed by atoms with Crippen molar-refractivity contribution < 1.29 is 13.2 Å². The van der Waals surface area contributed by atoms with Crippen LogP contribution in [0.4, 0.5) is 5.00 Å². The van der Waals surface area contributed by atoms with Crippen LogP contribution in [0.5, 0.6) is 0 Å². The van der Waals surface area contributed by atoms with E-state index in [0.717, 1.165) is 29.7 Å². The molecule has 0 radical (unpaired) electrons. The number of aryl methyl sites for hydroxylation is 1. The molecule has 3 rings (SSSR count). The van der Waals surface area contributed by atoms with Crippen LogP contribution in [-0.4, -0.2) is 31.7 Å². The van der Waals surface area contributed by atoms with Gasteiger partial charge in [-0.25, -0.2) is 8.42 Å². The number of nitrogens with zero attached hydrogens (tertiary/aromatic N) is 2. The lowest BCUT2D eigenvalue weighted by Gasteiger charge is -2.19. The largest absolute Gasteiger partial charge is 0.312 e. The van der Waals surface area contributed by atoms with Crippen LogP contribution in [-0.2, 0) is 22.9 Å². The number of nitrogens with one attached hydrogen (secondary N) is 1. The van der Waals surface area contributed by atoms with Gasteiger partial charge in [-0.2, -0.15) is 9.57 Å². The molecule has 28 heavy (non-hydrogen) atoms. The number of hydrogen-bond donors (Lipinski definition) is 1. The molecule has 1 heterocycles. The van der Waals surface area contributed by atoms with Crippen molar-refractivity contribution in [3.05, 3.63) is 44.8 Å². The van der Waals surface area contributed by atoms with Gasteiger partial charge in [0.2, 0.25) is 10.0 Å². The third kappa shape index (κ3) is 3.67. The van der Waals surface area contributed by atoms with Crippen LogP contribution >= 0.6 is 22.9 Å². The molecule has 0 spiro atoms. The molecular weight excluding hydrogens is 418 g/mol. The average Bonchev–Trinajstić information content (AvgIpc) is 3.23. The lowest BCUT2D eigenvalue weighted by molar-refractivity contribution is 0.102. The van der Waals surface area contributed by atoms with Gasteiger partial charge >= 0.3 is 0 Å². The standard InChI is InChI=1S/C19H20ClN3O3S2/c1-3-23(4-2)28(25,26)12-8-9-16(20)14(10-12)18(24)22-19-15(11-21)13-6-5-7-17(13)27-19/h8-10H,3-7H2,1-2H3,(H,22,24). The number of carbonyl (C=O) groups excluding carboxylic acids is 1. The van der Waals surface area contributed by atoms with E-state index in [1.165, 1.54) is 33.8 Å². The van der Waals surface area contributed by atoms with E-state index in [2.05, 4.69) is 11.4 Å². The van der Waals surface area contributed by atoms with Crippen LogP contribution in [0.15, 0.2) is 23.1 Å². The summed E-state index contributed by atoms with van der Waals surface area (Å²) in [6, 6.07) is 6.27. The first-order chi connectivity index (χ1) is 13.3. The summed E-state index contributed by atoms with van der Waals surface area (Å²) in [5.41, 5.74) is 1.56. The topological polar surface area (TPSA) is 90.3 Å². The third-order valence-corrected chi connectivity index (χ3v) is 8.37. The maximum Gasteiger partial charge on any atom is 0.257 e. The molecular formula is C19H20ClN3O3S2. The molecule has 148 valence electrons. The number of fused-ring (bicyclic) bond motifs is 1. The van der Waals surface area contributed by atoms with Gasteiger partial charge in [0.25, 0.3) is 5.91 Å². The number of nitriles is 1. The maximum absolute atomic E-state index is 12.8. The van der Waals surface area contributed by atoms with Crippen LogP contribution in [0, 0.1) is 11.3 Å². The van der Waals surface area contributed by atoms with Gasteiger partial charge in [0.1, 0.15) is 11.1 Å². The number of amides is 1. The molecule has 0 saturated carbocycles. The number of anilines is 1. The van der Waals surface area contributed by atoms with Gasteiger partial charge in [0, 0.05) is 18.0 Å². The van der Waals surface area contributed by atoms with Gasteiger partial charge in [-0.3, -0.25) is 4.79 Å². The van der Waals surface area contributed by atoms with Gasteiger partial charge in [-0.1, -0.05) is 25.4 Å². The fourth-order valence-electron chi connectivity index (χ4n) is 3.33. The summed E-state index contributed by atoms with van der Waals surface area (Å²) in [5, 5.41) is 12.9. The number of sulfonamides is 1. The Labute approximate surface area is 173 Å². The molecule has 1 amide bonds. The van der Waals surface area contributed by atoms with Gasteiger partial charge in [-0.15, -0.1) is 11.3 Å². The predicted molar refractivity (Wildman–Crippen MR) is 111 cm³/mol. The zero-order valence-corrected chi connectivity index (χ0v) is 18.0. The summed E-state index contributed by atoms with van der Waals surface area (Å²) >= 11 is 7.57. The Balaban J connectivity index is 1.94. The van der Waals surface area contributed by atoms with Crippen molar-refractivity contribution in [2.24, 2.45) is 0 Å². The van der Waals surface area contributed by atoms with Crippen molar-refractivity contribution in [1.29, 1.82) is 5.26 Å². The van der Waals surface area contributed by atoms with E-state index >= 15 is 0 Å². The van der Waals surface area contributed by atoms with Gasteiger partial charge < -0.3 is 5.32 Å². The third-order valence-electron chi connectivity index (χ3n) is 4.79. The Morgan fingerprint density at radius 2 is 2.04 bits per heavy atom. The number of hydrogen-bond acceptors (Lipinski definition) is 5. The van der Waals surface area contributed by atoms with Crippen molar-refractivity contribution in [3.63, 3.8) is 0 Å². The average molecular weight is 438 g/mol. The summed E-state index contributed by atoms with van der Waals surface area (Å²) in [4.78, 5) is 13.9. The Bertz CT molecular complexity index is 1070. The molecule has 6 nitrogen and oxygen atoms in total. The normalized spacial score (nSPS) is 13.4. The van der Waals surface area contributed by atoms with E-state index in [4.69, 9.17) is 11.6 Å². The highest BCUT2D eigenvalue weighted by Gasteiger charge is 2.26. The van der Waals surface area contributed by atoms with Crippen LogP contribution < -0.4 is 5.32 Å². The van der Waals surface area contributed by atoms with E-state index < -0.39 is 15.9 Å². The molecule has 0 unspecified atom stereocenters. The maximum atomic E-state index is 12.8. The van der Waals surface area contributed by atoms with E-state index in [1.54, 1.807) is 13.8 Å². The van der Waals surface area contributed by atoms with Crippen molar-refractivity contribution in [3.8, 4) is 6.07 Å². The summed E-state index contributed by atoms with van der Waals surface area (Å²) in [6.45, 7) is 4.17. The first-order valence-electron chi connectivity index (χ1n) is 8.99. The van der Waals surface area contributed by atoms with Crippen molar-refractivity contribution in [1.82, 2.24) is 4.31 Å². The Morgan fingerprint density at radius 3 is 2.68 bits per heavy atom. The van der Waals surface area contributed by atoms with Gasteiger partial charge in [-0.05, 0) is 43.0 Å². The van der Waals surface area contributed by atoms with Crippen LogP contribution in [0.1, 0.15) is 46.6 Å². The molecule has 1 aromatic carbocycles. The molecule has 0 aliphatic heterocycles. The molecule has 0 atom stereocenters. The zero-order chi connectivity index (χ0) is 20.5. The second-order valence-electron chi connectivity index (χ2n) is 6.36. The molecule has 0 bridgehead atoms. The van der Waals surface area contributed by atoms with Crippen LogP contribution in [0.3, 0.4) is 0 Å². The van der Waals surface area contributed by atoms with Crippen molar-refractivity contribution in [2.75, 3.05) is 18.4 Å². The molecule has 9 heteroatoms. The minimum absolute atomic E-state index is 0.0138. The fourth-order valence-corrected chi connectivity index (χ4v) is 6.26. The van der Waals surface area contributed by atoms with E-state index in [9.17, 15) is 18.5 Å². The smallest absolute Gasteiger partial charge is 0.257 e. The first kappa shape index (κ1) is 20.8. The Kier molecular flexibility index (Phi) is 6.10. The van der Waals surface area contributed by atoms with E-state index in [-0.39, 0.29) is 15.5 Å². The summed E-state index contributed by atoms with van der Waals surface area (Å²) < 4.78 is 26.8. The fraction of sp³-hybridized carbons (Fsp3) is 0.368. The SMILES string of the molecule is CCN(CC)S(=O)(=O)c1ccc(Cl)c(C(=O)Nc2sc3c(c2C#N)CCC3)c1. The number of thiophene rings is 1. The summed E-state index contributed by atoms with van der Waals surface area (Å²) in [5.74, 6) is -0.530. The Morgan fingerprint density at radius 1 is 1.32 bits per heavy atom. The monoisotopic (exact) mass is 437 g/mol. The minimum atomic E-state index is -3.71. The lowest BCUT2D eigenvalue weighted by atomic mass is 10.1. The van der Waals surface area contributed by atoms with E-state index in [1.807, 2.05) is 0 Å². The second kappa shape index (κ2) is 8.21. The molecule has 2 aromatic rings. The number of rotatable bonds is 6. The summed E-state index contributed by atoms with van der Waals surface area (Å²) in [7, 11) is -3.71. The van der Waals surface area contributed by atoms with E-state index in [0.29, 0.717) is 23.7 Å². The summed E-state index contributed by atoms with van der Waals surface area (Å²) in [6.07, 6.45) is 2.76. The van der Waals surface area contributed by atoms with Crippen LogP contribution in [0.2, 0.25) is 5.02 Å². The van der Waals surface area contributed by atoms with Crippen molar-refractivity contribution >= 4 is 43.9 Å². The first-order valence-corrected chi connectivity index (χ1v) is 11.6. The molecule has 1 N–H and O–H groups in total. The highest BCUT2D eigenvalue weighted by atomic mass is 35.5.